The smallest absolute Gasteiger partial charge is 0.256 e. The molecule has 0 bridgehead atoms. The Morgan fingerprint density at radius 1 is 1.33 bits per heavy atom. The largest absolute Gasteiger partial charge is 0.387 e. The summed E-state index contributed by atoms with van der Waals surface area (Å²) in [5.41, 5.74) is 1.79. The zero-order valence-corrected chi connectivity index (χ0v) is 12.5. The van der Waals surface area contributed by atoms with Crippen molar-refractivity contribution in [2.45, 2.75) is 32.8 Å². The summed E-state index contributed by atoms with van der Waals surface area (Å²) in [5.74, 6) is 0.373. The van der Waals surface area contributed by atoms with Crippen molar-refractivity contribution in [2.24, 2.45) is 0 Å². The van der Waals surface area contributed by atoms with Crippen LogP contribution in [0.4, 0.5) is 0 Å². The number of carbonyl (C=O) groups excluding carboxylic acids is 1. The van der Waals surface area contributed by atoms with Crippen LogP contribution in [0.2, 0.25) is 0 Å². The van der Waals surface area contributed by atoms with Gasteiger partial charge in [-0.3, -0.25) is 4.79 Å². The van der Waals surface area contributed by atoms with E-state index in [4.69, 9.17) is 4.52 Å². The number of nitrogens with zero attached hydrogens (tertiary/aromatic N) is 1. The maximum absolute atomic E-state index is 12.3. The monoisotopic (exact) mass is 288 g/mol. The third kappa shape index (κ3) is 3.49. The molecule has 1 aromatic carbocycles. The first-order valence-corrected chi connectivity index (χ1v) is 6.98. The van der Waals surface area contributed by atoms with Gasteiger partial charge in [0, 0.05) is 12.5 Å². The third-order valence-electron chi connectivity index (χ3n) is 3.28. The fraction of sp³-hybridized carbons (Fsp3) is 0.375. The normalized spacial score (nSPS) is 12.4. The highest BCUT2D eigenvalue weighted by Gasteiger charge is 2.22. The van der Waals surface area contributed by atoms with E-state index in [0.717, 1.165) is 5.56 Å². The minimum Gasteiger partial charge on any atom is -0.387 e. The van der Waals surface area contributed by atoms with E-state index < -0.39 is 6.10 Å². The predicted molar refractivity (Wildman–Crippen MR) is 79.1 cm³/mol. The number of carbonyl (C=O) groups is 1. The van der Waals surface area contributed by atoms with E-state index in [1.807, 2.05) is 44.2 Å². The van der Waals surface area contributed by atoms with Gasteiger partial charge in [0.15, 0.2) is 5.76 Å². The van der Waals surface area contributed by atoms with E-state index in [2.05, 4.69) is 10.5 Å². The van der Waals surface area contributed by atoms with Crippen LogP contribution in [-0.2, 0) is 0 Å². The molecule has 1 aromatic heterocycles. The van der Waals surface area contributed by atoms with Crippen molar-refractivity contribution in [1.29, 1.82) is 0 Å². The van der Waals surface area contributed by atoms with Gasteiger partial charge in [-0.15, -0.1) is 0 Å². The molecule has 1 amide bonds. The number of rotatable bonds is 5. The van der Waals surface area contributed by atoms with E-state index in [9.17, 15) is 9.90 Å². The van der Waals surface area contributed by atoms with E-state index in [-0.39, 0.29) is 18.4 Å². The van der Waals surface area contributed by atoms with Crippen molar-refractivity contribution in [3.8, 4) is 0 Å². The minimum atomic E-state index is -0.738. The van der Waals surface area contributed by atoms with Gasteiger partial charge >= 0.3 is 0 Å². The molecule has 112 valence electrons. The second-order valence-corrected chi connectivity index (χ2v) is 5.30. The van der Waals surface area contributed by atoms with Crippen LogP contribution in [0.5, 0.6) is 0 Å². The number of benzene rings is 1. The molecular weight excluding hydrogens is 268 g/mol. The Morgan fingerprint density at radius 3 is 2.62 bits per heavy atom. The molecule has 2 rings (SSSR count). The van der Waals surface area contributed by atoms with Crippen LogP contribution in [0.25, 0.3) is 0 Å². The molecule has 0 saturated heterocycles. The maximum atomic E-state index is 12.3. The second kappa shape index (κ2) is 6.54. The number of hydrogen-bond donors (Lipinski definition) is 2. The fourth-order valence-electron chi connectivity index (χ4n) is 2.13. The van der Waals surface area contributed by atoms with E-state index in [1.54, 1.807) is 6.92 Å². The van der Waals surface area contributed by atoms with Crippen molar-refractivity contribution in [3.05, 3.63) is 52.9 Å². The number of aliphatic hydroxyl groups is 1. The van der Waals surface area contributed by atoms with Gasteiger partial charge in [-0.25, -0.2) is 0 Å². The Morgan fingerprint density at radius 2 is 2.00 bits per heavy atom. The second-order valence-electron chi connectivity index (χ2n) is 5.30. The Bertz CT molecular complexity index is 605. The molecule has 1 heterocycles. The molecular formula is C16H20N2O3. The number of amides is 1. The summed E-state index contributed by atoms with van der Waals surface area (Å²) in [6.07, 6.45) is -0.738. The summed E-state index contributed by atoms with van der Waals surface area (Å²) >= 11 is 0. The minimum absolute atomic E-state index is 0.0750. The van der Waals surface area contributed by atoms with Crippen LogP contribution in [0.3, 0.4) is 0 Å². The summed E-state index contributed by atoms with van der Waals surface area (Å²) in [7, 11) is 0. The number of aromatic nitrogens is 1. The molecule has 0 fully saturated rings. The van der Waals surface area contributed by atoms with Crippen LogP contribution in [0, 0.1) is 6.92 Å². The molecule has 21 heavy (non-hydrogen) atoms. The van der Waals surface area contributed by atoms with Gasteiger partial charge in [0.2, 0.25) is 0 Å². The molecule has 0 spiro atoms. The fourth-order valence-corrected chi connectivity index (χ4v) is 2.13. The van der Waals surface area contributed by atoms with Crippen LogP contribution < -0.4 is 5.32 Å². The molecule has 0 aliphatic heterocycles. The Labute approximate surface area is 124 Å². The van der Waals surface area contributed by atoms with Gasteiger partial charge in [0.1, 0.15) is 5.56 Å². The van der Waals surface area contributed by atoms with Gasteiger partial charge in [-0.05, 0) is 12.5 Å². The van der Waals surface area contributed by atoms with E-state index in [0.29, 0.717) is 17.0 Å². The first kappa shape index (κ1) is 15.3. The molecule has 5 nitrogen and oxygen atoms in total. The number of aryl methyl sites for hydroxylation is 1. The zero-order valence-electron chi connectivity index (χ0n) is 12.5. The highest BCUT2D eigenvalue weighted by atomic mass is 16.5. The van der Waals surface area contributed by atoms with Crippen molar-refractivity contribution < 1.29 is 14.4 Å². The SMILES string of the molecule is Cc1noc(C(C)C)c1C(=O)NCC(O)c1ccccc1. The lowest BCUT2D eigenvalue weighted by molar-refractivity contribution is 0.0913. The third-order valence-corrected chi connectivity index (χ3v) is 3.28. The predicted octanol–water partition coefficient (Wildman–Crippen LogP) is 2.57. The molecule has 5 heteroatoms. The highest BCUT2D eigenvalue weighted by molar-refractivity contribution is 5.96. The number of hydrogen-bond acceptors (Lipinski definition) is 4. The Hall–Kier alpha value is -2.14. The van der Waals surface area contributed by atoms with Crippen LogP contribution in [0.1, 0.15) is 53.2 Å². The summed E-state index contributed by atoms with van der Waals surface area (Å²) < 4.78 is 5.20. The molecule has 0 aliphatic carbocycles. The lowest BCUT2D eigenvalue weighted by Crippen LogP contribution is -2.29. The Balaban J connectivity index is 2.04. The van der Waals surface area contributed by atoms with Gasteiger partial charge in [-0.2, -0.15) is 0 Å². The van der Waals surface area contributed by atoms with Gasteiger partial charge in [0.25, 0.3) is 5.91 Å². The Kier molecular flexibility index (Phi) is 4.75. The summed E-state index contributed by atoms with van der Waals surface area (Å²) in [6.45, 7) is 5.76. The maximum Gasteiger partial charge on any atom is 0.256 e. The van der Waals surface area contributed by atoms with Crippen molar-refractivity contribution in [3.63, 3.8) is 0 Å². The molecule has 0 aliphatic rings. The van der Waals surface area contributed by atoms with Crippen LogP contribution in [-0.4, -0.2) is 22.7 Å². The summed E-state index contributed by atoms with van der Waals surface area (Å²) in [5, 5.41) is 16.6. The molecule has 1 atom stereocenters. The lowest BCUT2D eigenvalue weighted by Gasteiger charge is -2.12. The number of nitrogens with one attached hydrogen (secondary N) is 1. The summed E-state index contributed by atoms with van der Waals surface area (Å²) in [6, 6.07) is 9.22. The zero-order chi connectivity index (χ0) is 15.4. The molecule has 0 saturated carbocycles. The average Bonchev–Trinajstić information content (AvgIpc) is 2.87. The van der Waals surface area contributed by atoms with Crippen molar-refractivity contribution >= 4 is 5.91 Å². The molecule has 2 aromatic rings. The van der Waals surface area contributed by atoms with Crippen LogP contribution in [0.15, 0.2) is 34.9 Å². The van der Waals surface area contributed by atoms with Gasteiger partial charge in [-0.1, -0.05) is 49.3 Å². The van der Waals surface area contributed by atoms with Crippen LogP contribution >= 0.6 is 0 Å². The van der Waals surface area contributed by atoms with E-state index in [1.165, 1.54) is 0 Å². The van der Waals surface area contributed by atoms with Gasteiger partial charge in [0.05, 0.1) is 11.8 Å². The lowest BCUT2D eigenvalue weighted by atomic mass is 10.0. The average molecular weight is 288 g/mol. The van der Waals surface area contributed by atoms with Crippen molar-refractivity contribution in [1.82, 2.24) is 10.5 Å². The first-order chi connectivity index (χ1) is 10.0. The summed E-state index contributed by atoms with van der Waals surface area (Å²) in [4.78, 5) is 12.3. The van der Waals surface area contributed by atoms with Gasteiger partial charge < -0.3 is 14.9 Å². The van der Waals surface area contributed by atoms with E-state index >= 15 is 0 Å². The molecule has 1 unspecified atom stereocenters. The quantitative estimate of drug-likeness (QED) is 0.886. The number of aliphatic hydroxyl groups excluding tert-OH is 1. The highest BCUT2D eigenvalue weighted by Crippen LogP contribution is 2.22. The topological polar surface area (TPSA) is 75.4 Å². The molecule has 2 N–H and O–H groups in total. The molecule has 0 radical (unpaired) electrons. The first-order valence-electron chi connectivity index (χ1n) is 6.98. The standard InChI is InChI=1S/C16H20N2O3/c1-10(2)15-14(11(3)18-21-15)16(20)17-9-13(19)12-7-5-4-6-8-12/h4-8,10,13,19H,9H2,1-3H3,(H,17,20). The van der Waals surface area contributed by atoms with Crippen molar-refractivity contribution in [2.75, 3.05) is 6.54 Å².